The van der Waals surface area contributed by atoms with E-state index in [4.69, 9.17) is 0 Å². The Morgan fingerprint density at radius 2 is 1.11 bits per heavy atom. The molecule has 0 unspecified atom stereocenters. The van der Waals surface area contributed by atoms with Gasteiger partial charge in [0.25, 0.3) is 0 Å². The number of halogens is 2. The predicted octanol–water partition coefficient (Wildman–Crippen LogP) is -0.211. The highest BCUT2D eigenvalue weighted by molar-refractivity contribution is 8.07. The first-order valence-corrected chi connectivity index (χ1v) is 4.02. The van der Waals surface area contributed by atoms with Gasteiger partial charge < -0.3 is 4.13 Å². The van der Waals surface area contributed by atoms with Crippen molar-refractivity contribution in [1.82, 2.24) is 0 Å². The first-order chi connectivity index (χ1) is 3.71. The summed E-state index contributed by atoms with van der Waals surface area (Å²) in [4.78, 5) is 0. The van der Waals surface area contributed by atoms with Gasteiger partial charge in [0.15, 0.2) is 0 Å². The van der Waals surface area contributed by atoms with E-state index in [-0.39, 0.29) is 0 Å². The highest BCUT2D eigenvalue weighted by Crippen LogP contribution is 2.11. The molecule has 0 aliphatic heterocycles. The zero-order chi connectivity index (χ0) is 7.71. The summed E-state index contributed by atoms with van der Waals surface area (Å²) in [5.74, 6) is 0. The molecule has 0 saturated heterocycles. The van der Waals surface area contributed by atoms with E-state index >= 15 is 0 Å². The summed E-state index contributed by atoms with van der Waals surface area (Å²) in [5.41, 5.74) is 0. The second-order valence-electron chi connectivity index (χ2n) is 0.899. The number of nitrogens with zero attached hydrogens (tertiary/aromatic N) is 1. The maximum atomic E-state index is 11.1. The van der Waals surface area contributed by atoms with Crippen molar-refractivity contribution in [2.75, 3.05) is 0 Å². The van der Waals surface area contributed by atoms with E-state index in [0.29, 0.717) is 0 Å². The van der Waals surface area contributed by atoms with E-state index in [1.54, 1.807) is 0 Å². The molecule has 0 saturated carbocycles. The Hall–Kier alpha value is -0.280. The summed E-state index contributed by atoms with van der Waals surface area (Å²) in [7, 11) is -11.2. The molecule has 0 spiro atoms. The number of hydrogen-bond donors (Lipinski definition) is 0. The fraction of sp³-hybridized carbons (Fsp3) is 0. The minimum absolute atomic E-state index is 1.15. The molecule has 0 aliphatic rings. The SMILES string of the molecule is O=S(=O)(F)[N-]S(=O)(=O)F. The van der Waals surface area contributed by atoms with Crippen LogP contribution in [0.5, 0.6) is 0 Å². The third-order valence-electron chi connectivity index (χ3n) is 0.178. The van der Waals surface area contributed by atoms with Crippen molar-refractivity contribution < 1.29 is 24.6 Å². The van der Waals surface area contributed by atoms with Crippen LogP contribution in [0.2, 0.25) is 0 Å². The highest BCUT2D eigenvalue weighted by Gasteiger charge is 2.01. The van der Waals surface area contributed by atoms with E-state index in [2.05, 4.69) is 0 Å². The van der Waals surface area contributed by atoms with Crippen molar-refractivity contribution >= 4 is 20.8 Å². The summed E-state index contributed by atoms with van der Waals surface area (Å²) in [6.45, 7) is 0. The van der Waals surface area contributed by atoms with Crippen molar-refractivity contribution in [2.45, 2.75) is 0 Å². The normalized spacial score (nSPS) is 13.6. The van der Waals surface area contributed by atoms with Gasteiger partial charge in [0, 0.05) is 0 Å². The minimum Gasteiger partial charge on any atom is -0.379 e. The Labute approximate surface area is 50.4 Å². The van der Waals surface area contributed by atoms with Crippen LogP contribution in [0.15, 0.2) is 0 Å². The van der Waals surface area contributed by atoms with Crippen LogP contribution >= 0.6 is 0 Å². The van der Waals surface area contributed by atoms with Crippen LogP contribution in [0, 0.1) is 0 Å². The maximum Gasteiger partial charge on any atom is 0.241 e. The molecular formula is F2NO4S2-. The molecule has 0 fully saturated rings. The molecular weight excluding hydrogens is 180 g/mol. The van der Waals surface area contributed by atoms with E-state index in [9.17, 15) is 24.6 Å². The Balaban J connectivity index is 4.46. The molecule has 0 heterocycles. The maximum absolute atomic E-state index is 11.1. The van der Waals surface area contributed by atoms with Gasteiger partial charge >= 0.3 is 0 Å². The summed E-state index contributed by atoms with van der Waals surface area (Å²) in [6, 6.07) is 0. The summed E-state index contributed by atoms with van der Waals surface area (Å²) in [5, 5.41) is 0. The fourth-order valence-corrected chi connectivity index (χ4v) is 0.957. The van der Waals surface area contributed by atoms with Gasteiger partial charge in [0.2, 0.25) is 20.8 Å². The second-order valence-corrected chi connectivity index (χ2v) is 3.14. The standard InChI is InChI=1S/F2NO4S2/c1-8(4,5)3-9(2,6)7/q-1. The van der Waals surface area contributed by atoms with Crippen LogP contribution in [0.25, 0.3) is 4.13 Å². The number of hydrogen-bond acceptors (Lipinski definition) is 4. The van der Waals surface area contributed by atoms with E-state index in [1.807, 2.05) is 0 Å². The lowest BCUT2D eigenvalue weighted by Crippen LogP contribution is -1.94. The van der Waals surface area contributed by atoms with Crippen LogP contribution in [0.1, 0.15) is 0 Å². The van der Waals surface area contributed by atoms with Crippen LogP contribution < -0.4 is 0 Å². The molecule has 0 radical (unpaired) electrons. The topological polar surface area (TPSA) is 82.4 Å². The molecule has 0 bridgehead atoms. The van der Waals surface area contributed by atoms with Gasteiger partial charge in [-0.05, 0) is 0 Å². The van der Waals surface area contributed by atoms with Gasteiger partial charge in [-0.2, -0.15) is 0 Å². The largest absolute Gasteiger partial charge is 0.379 e. The molecule has 0 rings (SSSR count). The zero-order valence-electron chi connectivity index (χ0n) is 3.65. The van der Waals surface area contributed by atoms with Crippen molar-refractivity contribution in [3.05, 3.63) is 4.13 Å². The smallest absolute Gasteiger partial charge is 0.241 e. The van der Waals surface area contributed by atoms with Gasteiger partial charge in [0.1, 0.15) is 0 Å². The molecule has 0 amide bonds. The third-order valence-corrected chi connectivity index (χ3v) is 1.60. The fourth-order valence-electron chi connectivity index (χ4n) is 0.106. The van der Waals surface area contributed by atoms with Gasteiger partial charge in [-0.15, -0.1) is 7.77 Å². The third kappa shape index (κ3) is 7.72. The molecule has 0 atom stereocenters. The predicted molar refractivity (Wildman–Crippen MR) is 23.4 cm³/mol. The lowest BCUT2D eigenvalue weighted by atomic mass is 13.9. The zero-order valence-corrected chi connectivity index (χ0v) is 5.29. The second kappa shape index (κ2) is 2.15. The minimum atomic E-state index is -5.62. The average molecular weight is 180 g/mol. The van der Waals surface area contributed by atoms with Crippen LogP contribution in [0.3, 0.4) is 0 Å². The van der Waals surface area contributed by atoms with Crippen LogP contribution in [-0.4, -0.2) is 16.8 Å². The van der Waals surface area contributed by atoms with Gasteiger partial charge in [-0.25, -0.2) is 16.8 Å². The van der Waals surface area contributed by atoms with Crippen LogP contribution in [0.4, 0.5) is 7.77 Å². The molecule has 0 N–H and O–H groups in total. The van der Waals surface area contributed by atoms with Gasteiger partial charge in [-0.3, -0.25) is 0 Å². The molecule has 9 heteroatoms. The van der Waals surface area contributed by atoms with Gasteiger partial charge in [-0.1, -0.05) is 0 Å². The summed E-state index contributed by atoms with van der Waals surface area (Å²) < 4.78 is 60.1. The molecule has 9 heavy (non-hydrogen) atoms. The molecule has 56 valence electrons. The van der Waals surface area contributed by atoms with Crippen molar-refractivity contribution in [2.24, 2.45) is 0 Å². The highest BCUT2D eigenvalue weighted by atomic mass is 32.3. The van der Waals surface area contributed by atoms with Crippen molar-refractivity contribution in [3.63, 3.8) is 0 Å². The Kier molecular flexibility index (Phi) is 2.09. The monoisotopic (exact) mass is 180 g/mol. The Morgan fingerprint density at radius 3 is 1.11 bits per heavy atom. The molecule has 5 nitrogen and oxygen atoms in total. The average Bonchev–Trinajstić information content (AvgIpc) is 1.14. The molecule has 0 aromatic carbocycles. The van der Waals surface area contributed by atoms with E-state index < -0.39 is 20.8 Å². The Morgan fingerprint density at radius 1 is 0.889 bits per heavy atom. The lowest BCUT2D eigenvalue weighted by molar-refractivity contribution is 0.551. The quantitative estimate of drug-likeness (QED) is 0.550. The van der Waals surface area contributed by atoms with E-state index in [1.165, 1.54) is 0 Å². The summed E-state index contributed by atoms with van der Waals surface area (Å²) >= 11 is 0. The molecule has 0 aromatic heterocycles. The van der Waals surface area contributed by atoms with Gasteiger partial charge in [0.05, 0.1) is 0 Å². The lowest BCUT2D eigenvalue weighted by Gasteiger charge is -2.03. The van der Waals surface area contributed by atoms with Crippen molar-refractivity contribution in [3.8, 4) is 0 Å². The first kappa shape index (κ1) is 8.72. The Bertz CT molecular complexity index is 242. The number of rotatable bonds is 2. The molecule has 0 aliphatic carbocycles. The van der Waals surface area contributed by atoms with E-state index in [0.717, 1.165) is 4.13 Å². The first-order valence-electron chi connectivity index (χ1n) is 1.34. The van der Waals surface area contributed by atoms with Crippen LogP contribution in [-0.2, 0) is 20.8 Å². The summed E-state index contributed by atoms with van der Waals surface area (Å²) in [6.07, 6.45) is 0. The molecule has 0 aromatic rings. The van der Waals surface area contributed by atoms with Crippen molar-refractivity contribution in [1.29, 1.82) is 0 Å².